The molecule has 2 amide bonds. The highest BCUT2D eigenvalue weighted by molar-refractivity contribution is 5.99. The minimum Gasteiger partial charge on any atom is -0.493 e. The van der Waals surface area contributed by atoms with Crippen LogP contribution >= 0.6 is 0 Å². The molecule has 33 heavy (non-hydrogen) atoms. The fraction of sp³-hybridized carbons (Fsp3) is 0.400. The number of likely N-dealkylation sites (tertiary alicyclic amines) is 1. The van der Waals surface area contributed by atoms with Gasteiger partial charge in [-0.1, -0.05) is 24.3 Å². The molecule has 8 nitrogen and oxygen atoms in total. The highest BCUT2D eigenvalue weighted by Gasteiger charge is 2.19. The third kappa shape index (κ3) is 5.70. The van der Waals surface area contributed by atoms with Crippen molar-refractivity contribution in [1.82, 2.24) is 20.2 Å². The molecule has 1 aliphatic rings. The van der Waals surface area contributed by atoms with E-state index in [9.17, 15) is 4.79 Å². The van der Waals surface area contributed by atoms with E-state index in [1.54, 1.807) is 7.11 Å². The van der Waals surface area contributed by atoms with Crippen molar-refractivity contribution in [2.75, 3.05) is 39.2 Å². The Hall–Kier alpha value is -3.39. The summed E-state index contributed by atoms with van der Waals surface area (Å²) >= 11 is 0. The highest BCUT2D eigenvalue weighted by Crippen LogP contribution is 2.34. The van der Waals surface area contributed by atoms with Gasteiger partial charge in [0.2, 0.25) is 0 Å². The number of carbonyl (C=O) groups is 1. The van der Waals surface area contributed by atoms with E-state index in [0.29, 0.717) is 47.3 Å². The third-order valence-corrected chi connectivity index (χ3v) is 6.17. The van der Waals surface area contributed by atoms with Crippen LogP contribution in [-0.4, -0.2) is 54.8 Å². The second-order valence-corrected chi connectivity index (χ2v) is 8.53. The summed E-state index contributed by atoms with van der Waals surface area (Å²) in [7, 11) is 3.76. The number of amides is 2. The molecule has 3 aromatic rings. The number of urea groups is 1. The van der Waals surface area contributed by atoms with E-state index < -0.39 is 0 Å². The summed E-state index contributed by atoms with van der Waals surface area (Å²) < 4.78 is 11.7. The smallest absolute Gasteiger partial charge is 0.320 e. The number of nitrogens with zero attached hydrogens (tertiary/aromatic N) is 3. The Balaban J connectivity index is 1.45. The predicted molar refractivity (Wildman–Crippen MR) is 129 cm³/mol. The van der Waals surface area contributed by atoms with E-state index in [2.05, 4.69) is 32.5 Å². The number of hydrogen-bond acceptors (Lipinski definition) is 6. The maximum absolute atomic E-state index is 12.5. The van der Waals surface area contributed by atoms with E-state index in [1.165, 1.54) is 6.33 Å². The number of aryl methyl sites for hydroxylation is 1. The molecule has 0 aliphatic carbocycles. The van der Waals surface area contributed by atoms with Crippen LogP contribution < -0.4 is 20.1 Å². The van der Waals surface area contributed by atoms with Gasteiger partial charge in [0.15, 0.2) is 11.5 Å². The lowest BCUT2D eigenvalue weighted by atomic mass is 9.98. The first-order valence-electron chi connectivity index (χ1n) is 11.3. The molecule has 174 valence electrons. The molecule has 0 unspecified atom stereocenters. The fourth-order valence-electron chi connectivity index (χ4n) is 4.01. The largest absolute Gasteiger partial charge is 0.493 e. The number of aromatic nitrogens is 2. The molecule has 0 radical (unpaired) electrons. The van der Waals surface area contributed by atoms with Gasteiger partial charge in [-0.3, -0.25) is 5.32 Å². The van der Waals surface area contributed by atoms with Gasteiger partial charge in [0.1, 0.15) is 12.1 Å². The Kier molecular flexibility index (Phi) is 7.24. The normalized spacial score (nSPS) is 14.8. The number of benzene rings is 2. The van der Waals surface area contributed by atoms with E-state index >= 15 is 0 Å². The number of methoxy groups -OCH3 is 1. The molecule has 1 aromatic heterocycles. The first-order chi connectivity index (χ1) is 16.0. The van der Waals surface area contributed by atoms with Crippen LogP contribution in [-0.2, 0) is 6.54 Å². The van der Waals surface area contributed by atoms with Gasteiger partial charge in [0.25, 0.3) is 0 Å². The van der Waals surface area contributed by atoms with Gasteiger partial charge in [-0.2, -0.15) is 0 Å². The summed E-state index contributed by atoms with van der Waals surface area (Å²) in [4.78, 5) is 23.5. The average molecular weight is 450 g/mol. The van der Waals surface area contributed by atoms with Crippen molar-refractivity contribution < 1.29 is 14.3 Å². The zero-order chi connectivity index (χ0) is 23.2. The van der Waals surface area contributed by atoms with Crippen LogP contribution in [0, 0.1) is 12.8 Å². The lowest BCUT2D eigenvalue weighted by molar-refractivity contribution is 0.157. The highest BCUT2D eigenvalue weighted by atomic mass is 16.5. The molecule has 8 heteroatoms. The summed E-state index contributed by atoms with van der Waals surface area (Å²) in [6, 6.07) is 11.3. The van der Waals surface area contributed by atoms with Crippen LogP contribution in [0.2, 0.25) is 0 Å². The minimum absolute atomic E-state index is 0.334. The minimum atomic E-state index is -0.334. The second-order valence-electron chi connectivity index (χ2n) is 8.53. The van der Waals surface area contributed by atoms with E-state index in [-0.39, 0.29) is 6.03 Å². The molecule has 2 aromatic carbocycles. The van der Waals surface area contributed by atoms with Crippen molar-refractivity contribution in [3.8, 4) is 11.5 Å². The molecule has 2 heterocycles. The van der Waals surface area contributed by atoms with Crippen LogP contribution in [0.25, 0.3) is 10.9 Å². The number of rotatable bonds is 7. The first-order valence-corrected chi connectivity index (χ1v) is 11.3. The number of carbonyl (C=O) groups excluding carboxylic acids is 1. The van der Waals surface area contributed by atoms with Crippen LogP contribution in [0.4, 0.5) is 10.6 Å². The summed E-state index contributed by atoms with van der Waals surface area (Å²) in [5, 5.41) is 6.40. The Labute approximate surface area is 194 Å². The monoisotopic (exact) mass is 449 g/mol. The van der Waals surface area contributed by atoms with Crippen molar-refractivity contribution in [3.63, 3.8) is 0 Å². The molecular formula is C25H31N5O3. The average Bonchev–Trinajstić information content (AvgIpc) is 2.83. The lowest BCUT2D eigenvalue weighted by Crippen LogP contribution is -2.32. The first kappa shape index (κ1) is 22.8. The summed E-state index contributed by atoms with van der Waals surface area (Å²) in [6.45, 7) is 5.28. The van der Waals surface area contributed by atoms with Crippen LogP contribution in [0.1, 0.15) is 24.0 Å². The fourth-order valence-corrected chi connectivity index (χ4v) is 4.01. The quantitative estimate of drug-likeness (QED) is 0.567. The van der Waals surface area contributed by atoms with Crippen LogP contribution in [0.15, 0.2) is 42.7 Å². The number of fused-ring (bicyclic) bond motifs is 1. The molecule has 1 saturated heterocycles. The number of nitrogens with one attached hydrogen (secondary N) is 2. The number of piperidine rings is 1. The molecule has 4 rings (SSSR count). The lowest BCUT2D eigenvalue weighted by Gasteiger charge is -2.28. The summed E-state index contributed by atoms with van der Waals surface area (Å²) in [6.07, 6.45) is 3.69. The van der Waals surface area contributed by atoms with Crippen molar-refractivity contribution in [2.45, 2.75) is 26.3 Å². The summed E-state index contributed by atoms with van der Waals surface area (Å²) in [5.74, 6) is 2.19. The van der Waals surface area contributed by atoms with Crippen LogP contribution in [0.3, 0.4) is 0 Å². The van der Waals surface area contributed by atoms with E-state index in [0.717, 1.165) is 37.1 Å². The third-order valence-electron chi connectivity index (χ3n) is 6.17. The SMILES string of the molecule is COc1cc2c(NC(=O)NCc3ccccc3C)ncnc2cc1OCC1CCN(C)CC1. The van der Waals surface area contributed by atoms with Crippen LogP contribution in [0.5, 0.6) is 11.5 Å². The van der Waals surface area contributed by atoms with Gasteiger partial charge >= 0.3 is 6.03 Å². The van der Waals surface area contributed by atoms with Gasteiger partial charge < -0.3 is 19.7 Å². The van der Waals surface area contributed by atoms with E-state index in [4.69, 9.17) is 9.47 Å². The van der Waals surface area contributed by atoms with Crippen molar-refractivity contribution >= 4 is 22.8 Å². The molecule has 0 saturated carbocycles. The van der Waals surface area contributed by atoms with Crippen molar-refractivity contribution in [3.05, 3.63) is 53.9 Å². The van der Waals surface area contributed by atoms with Gasteiger partial charge in [0, 0.05) is 18.0 Å². The topological polar surface area (TPSA) is 88.6 Å². The van der Waals surface area contributed by atoms with E-state index in [1.807, 2.05) is 43.3 Å². The van der Waals surface area contributed by atoms with Crippen molar-refractivity contribution in [2.24, 2.45) is 5.92 Å². The molecule has 2 N–H and O–H groups in total. The maximum atomic E-state index is 12.5. The van der Waals surface area contributed by atoms with Gasteiger partial charge in [-0.05, 0) is 63.0 Å². The van der Waals surface area contributed by atoms with Gasteiger partial charge in [0.05, 0.1) is 19.2 Å². The Morgan fingerprint density at radius 2 is 1.94 bits per heavy atom. The van der Waals surface area contributed by atoms with Gasteiger partial charge in [-0.15, -0.1) is 0 Å². The standard InChI is InChI=1S/C25H31N5O3/c1-17-6-4-5-7-19(17)14-26-25(31)29-24-20-12-22(32-3)23(13-21(20)27-16-28-24)33-15-18-8-10-30(2)11-9-18/h4-7,12-13,16,18H,8-11,14-15H2,1-3H3,(H2,26,27,28,29,31). The van der Waals surface area contributed by atoms with Crippen molar-refractivity contribution in [1.29, 1.82) is 0 Å². The maximum Gasteiger partial charge on any atom is 0.320 e. The molecule has 1 aliphatic heterocycles. The molecule has 1 fully saturated rings. The predicted octanol–water partition coefficient (Wildman–Crippen LogP) is 3.99. The number of anilines is 1. The zero-order valence-corrected chi connectivity index (χ0v) is 19.4. The number of ether oxygens (including phenoxy) is 2. The van der Waals surface area contributed by atoms with Gasteiger partial charge in [-0.25, -0.2) is 14.8 Å². The molecular weight excluding hydrogens is 418 g/mol. The molecule has 0 bridgehead atoms. The Morgan fingerprint density at radius 1 is 1.15 bits per heavy atom. The second kappa shape index (κ2) is 10.5. The molecule has 0 atom stereocenters. The Morgan fingerprint density at radius 3 is 2.70 bits per heavy atom. The molecule has 0 spiro atoms. The zero-order valence-electron chi connectivity index (χ0n) is 19.4. The Bertz CT molecular complexity index is 1110. The number of hydrogen-bond donors (Lipinski definition) is 2. The summed E-state index contributed by atoms with van der Waals surface area (Å²) in [5.41, 5.74) is 2.87.